The Labute approximate surface area is 172 Å². The first kappa shape index (κ1) is 18.8. The zero-order valence-corrected chi connectivity index (χ0v) is 17.2. The summed E-state index contributed by atoms with van der Waals surface area (Å²) in [6, 6.07) is 11.6. The Balaban J connectivity index is 1.37. The van der Waals surface area contributed by atoms with Gasteiger partial charge >= 0.3 is 0 Å². The molecule has 1 N–H and O–H groups in total. The van der Waals surface area contributed by atoms with Crippen LogP contribution >= 0.6 is 22.7 Å². The summed E-state index contributed by atoms with van der Waals surface area (Å²) in [5.41, 5.74) is 2.60. The van der Waals surface area contributed by atoms with Gasteiger partial charge in [-0.05, 0) is 43.2 Å². The van der Waals surface area contributed by atoms with Crippen LogP contribution in [0, 0.1) is 6.92 Å². The summed E-state index contributed by atoms with van der Waals surface area (Å²) >= 11 is 3.28. The Morgan fingerprint density at radius 3 is 2.93 bits per heavy atom. The second-order valence-electron chi connectivity index (χ2n) is 6.82. The molecule has 28 heavy (non-hydrogen) atoms. The molecule has 0 spiro atoms. The fourth-order valence-corrected chi connectivity index (χ4v) is 4.85. The van der Waals surface area contributed by atoms with E-state index in [0.29, 0.717) is 25.1 Å². The number of rotatable bonds is 6. The van der Waals surface area contributed by atoms with E-state index in [1.165, 1.54) is 0 Å². The van der Waals surface area contributed by atoms with Gasteiger partial charge in [0.1, 0.15) is 0 Å². The Morgan fingerprint density at radius 1 is 1.29 bits per heavy atom. The third kappa shape index (κ3) is 4.31. The van der Waals surface area contributed by atoms with Gasteiger partial charge in [-0.2, -0.15) is 0 Å². The van der Waals surface area contributed by atoms with Crippen molar-refractivity contribution in [3.63, 3.8) is 0 Å². The molecule has 7 heteroatoms. The quantitative estimate of drug-likeness (QED) is 0.660. The summed E-state index contributed by atoms with van der Waals surface area (Å²) in [7, 11) is 0. The lowest BCUT2D eigenvalue weighted by molar-refractivity contribution is -0.128. The minimum absolute atomic E-state index is 0.103. The molecule has 4 rings (SSSR count). The molecule has 0 unspecified atom stereocenters. The van der Waals surface area contributed by atoms with Crippen LogP contribution in [-0.4, -0.2) is 28.2 Å². The average Bonchev–Trinajstić information content (AvgIpc) is 3.42. The molecule has 1 aromatic carbocycles. The van der Waals surface area contributed by atoms with E-state index in [1.807, 2.05) is 48.2 Å². The molecule has 5 nitrogen and oxygen atoms in total. The second-order valence-corrected chi connectivity index (χ2v) is 9.05. The van der Waals surface area contributed by atoms with Gasteiger partial charge in [0.15, 0.2) is 0 Å². The van der Waals surface area contributed by atoms with Gasteiger partial charge < -0.3 is 10.2 Å². The van der Waals surface area contributed by atoms with E-state index < -0.39 is 0 Å². The maximum atomic E-state index is 12.6. The maximum absolute atomic E-state index is 12.6. The van der Waals surface area contributed by atoms with Crippen LogP contribution in [0.5, 0.6) is 0 Å². The molecule has 0 radical (unpaired) electrons. The Kier molecular flexibility index (Phi) is 5.54. The molecule has 1 aliphatic rings. The van der Waals surface area contributed by atoms with Gasteiger partial charge in [-0.25, -0.2) is 4.98 Å². The number of aromatic nitrogens is 1. The first-order valence-corrected chi connectivity index (χ1v) is 10.9. The molecular formula is C21H21N3O2S2. The number of benzene rings is 1. The largest absolute Gasteiger partial charge is 0.347 e. The summed E-state index contributed by atoms with van der Waals surface area (Å²) in [4.78, 5) is 32.9. The number of hydrogen-bond acceptors (Lipinski definition) is 5. The summed E-state index contributed by atoms with van der Waals surface area (Å²) in [5, 5.41) is 6.09. The summed E-state index contributed by atoms with van der Waals surface area (Å²) < 4.78 is 0. The molecule has 3 heterocycles. The number of amides is 2. The lowest BCUT2D eigenvalue weighted by Crippen LogP contribution is -2.25. The molecule has 2 aromatic heterocycles. The van der Waals surface area contributed by atoms with Gasteiger partial charge in [0.2, 0.25) is 5.91 Å². The van der Waals surface area contributed by atoms with Gasteiger partial charge in [0, 0.05) is 35.3 Å². The van der Waals surface area contributed by atoms with Crippen LogP contribution in [0.15, 0.2) is 41.8 Å². The van der Waals surface area contributed by atoms with Crippen LogP contribution in [0.2, 0.25) is 0 Å². The number of nitrogens with one attached hydrogen (secondary N) is 1. The number of carbonyl (C=O) groups is 2. The minimum atomic E-state index is -0.103. The predicted molar refractivity (Wildman–Crippen MR) is 112 cm³/mol. The lowest BCUT2D eigenvalue weighted by atomic mass is 10.1. The normalized spacial score (nSPS) is 13.9. The predicted octanol–water partition coefficient (Wildman–Crippen LogP) is 4.23. The summed E-state index contributed by atoms with van der Waals surface area (Å²) in [6.45, 7) is 3.86. The fourth-order valence-electron chi connectivity index (χ4n) is 3.26. The Morgan fingerprint density at radius 2 is 2.18 bits per heavy atom. The molecule has 144 valence electrons. The van der Waals surface area contributed by atoms with Crippen molar-refractivity contribution in [1.29, 1.82) is 0 Å². The third-order valence-electron chi connectivity index (χ3n) is 4.69. The Hall–Kier alpha value is -2.51. The SMILES string of the molecule is Cc1nc(-c2ccc(CNC(=O)c3cccc(CN4CCCC4=O)c3)s2)cs1. The molecule has 0 bridgehead atoms. The van der Waals surface area contributed by atoms with Crippen molar-refractivity contribution in [1.82, 2.24) is 15.2 Å². The standard InChI is InChI=1S/C21H21N3O2S2/c1-14-23-18(13-27-14)19-8-7-17(28-19)11-22-21(26)16-5-2-4-15(10-16)12-24-9-3-6-20(24)25/h2,4-5,7-8,10,13H,3,6,9,11-12H2,1H3,(H,22,26). The van der Waals surface area contributed by atoms with E-state index in [-0.39, 0.29) is 11.8 Å². The van der Waals surface area contributed by atoms with Crippen LogP contribution in [0.1, 0.15) is 38.6 Å². The fraction of sp³-hybridized carbons (Fsp3) is 0.286. The van der Waals surface area contributed by atoms with Crippen molar-refractivity contribution in [2.75, 3.05) is 6.54 Å². The van der Waals surface area contributed by atoms with Crippen molar-refractivity contribution < 1.29 is 9.59 Å². The topological polar surface area (TPSA) is 62.3 Å². The average molecular weight is 412 g/mol. The minimum Gasteiger partial charge on any atom is -0.347 e. The number of nitrogens with zero attached hydrogens (tertiary/aromatic N) is 2. The van der Waals surface area contributed by atoms with Crippen molar-refractivity contribution >= 4 is 34.5 Å². The number of thiophene rings is 1. The highest BCUT2D eigenvalue weighted by Gasteiger charge is 2.20. The molecule has 0 aliphatic carbocycles. The highest BCUT2D eigenvalue weighted by atomic mass is 32.1. The monoisotopic (exact) mass is 411 g/mol. The number of hydrogen-bond donors (Lipinski definition) is 1. The van der Waals surface area contributed by atoms with Gasteiger partial charge in [0.05, 0.1) is 22.1 Å². The van der Waals surface area contributed by atoms with Crippen molar-refractivity contribution in [2.24, 2.45) is 0 Å². The maximum Gasteiger partial charge on any atom is 0.251 e. The zero-order chi connectivity index (χ0) is 19.5. The first-order chi connectivity index (χ1) is 13.6. The number of thiazole rings is 1. The van der Waals surface area contributed by atoms with Crippen LogP contribution in [0.25, 0.3) is 10.6 Å². The molecule has 2 amide bonds. The molecule has 1 aliphatic heterocycles. The van der Waals surface area contributed by atoms with E-state index >= 15 is 0 Å². The number of likely N-dealkylation sites (tertiary alicyclic amines) is 1. The van der Waals surface area contributed by atoms with E-state index in [9.17, 15) is 9.59 Å². The zero-order valence-electron chi connectivity index (χ0n) is 15.6. The van der Waals surface area contributed by atoms with Crippen molar-refractivity contribution in [3.05, 3.63) is 62.8 Å². The molecule has 1 fully saturated rings. The molecule has 0 saturated carbocycles. The van der Waals surface area contributed by atoms with Crippen molar-refractivity contribution in [3.8, 4) is 10.6 Å². The molecular weight excluding hydrogens is 390 g/mol. The number of carbonyl (C=O) groups excluding carboxylic acids is 2. The Bertz CT molecular complexity index is 1010. The van der Waals surface area contributed by atoms with Gasteiger partial charge in [-0.3, -0.25) is 9.59 Å². The molecule has 1 saturated heterocycles. The lowest BCUT2D eigenvalue weighted by Gasteiger charge is -2.16. The van der Waals surface area contributed by atoms with Crippen LogP contribution in [0.3, 0.4) is 0 Å². The highest BCUT2D eigenvalue weighted by molar-refractivity contribution is 7.16. The highest BCUT2D eigenvalue weighted by Crippen LogP contribution is 2.29. The molecule has 3 aromatic rings. The van der Waals surface area contributed by atoms with Gasteiger partial charge in [-0.15, -0.1) is 22.7 Å². The third-order valence-corrected chi connectivity index (χ3v) is 6.57. The second kappa shape index (κ2) is 8.24. The van der Waals surface area contributed by atoms with E-state index in [2.05, 4.69) is 15.7 Å². The van der Waals surface area contributed by atoms with E-state index in [0.717, 1.165) is 39.0 Å². The first-order valence-electron chi connectivity index (χ1n) is 9.24. The van der Waals surface area contributed by atoms with Gasteiger partial charge in [0.25, 0.3) is 5.91 Å². The molecule has 0 atom stereocenters. The van der Waals surface area contributed by atoms with E-state index in [1.54, 1.807) is 22.7 Å². The smallest absolute Gasteiger partial charge is 0.251 e. The van der Waals surface area contributed by atoms with Crippen LogP contribution in [-0.2, 0) is 17.9 Å². The summed E-state index contributed by atoms with van der Waals surface area (Å²) in [5.74, 6) is 0.0905. The van der Waals surface area contributed by atoms with E-state index in [4.69, 9.17) is 0 Å². The number of aryl methyl sites for hydroxylation is 1. The van der Waals surface area contributed by atoms with Gasteiger partial charge in [-0.1, -0.05) is 12.1 Å². The summed E-state index contributed by atoms with van der Waals surface area (Å²) in [6.07, 6.45) is 1.55. The van der Waals surface area contributed by atoms with Crippen LogP contribution in [0.4, 0.5) is 0 Å². The van der Waals surface area contributed by atoms with Crippen molar-refractivity contribution in [2.45, 2.75) is 32.9 Å². The van der Waals surface area contributed by atoms with Crippen LogP contribution < -0.4 is 5.32 Å².